The van der Waals surface area contributed by atoms with Crippen LogP contribution in [-0.2, 0) is 0 Å². The molecule has 1 aromatic carbocycles. The van der Waals surface area contributed by atoms with Crippen molar-refractivity contribution in [1.82, 2.24) is 0 Å². The molecule has 0 saturated carbocycles. The minimum atomic E-state index is 0.481. The third-order valence-electron chi connectivity index (χ3n) is 2.57. The smallest absolute Gasteiger partial charge is 0.142 e. The number of rotatable bonds is 2. The Morgan fingerprint density at radius 1 is 1.50 bits per heavy atom. The van der Waals surface area contributed by atoms with E-state index in [0.29, 0.717) is 6.04 Å². The van der Waals surface area contributed by atoms with Gasteiger partial charge in [0.15, 0.2) is 0 Å². The highest BCUT2D eigenvalue weighted by Crippen LogP contribution is 2.30. The zero-order chi connectivity index (χ0) is 9.97. The Morgan fingerprint density at radius 2 is 2.36 bits per heavy atom. The molecule has 76 valence electrons. The summed E-state index contributed by atoms with van der Waals surface area (Å²) in [6, 6.07) is 6.76. The van der Waals surface area contributed by atoms with Crippen molar-refractivity contribution in [1.29, 1.82) is 0 Å². The molecule has 0 aliphatic carbocycles. The van der Waals surface area contributed by atoms with E-state index < -0.39 is 0 Å². The van der Waals surface area contributed by atoms with Crippen LogP contribution < -0.4 is 10.1 Å². The van der Waals surface area contributed by atoms with Crippen LogP contribution >= 0.6 is 0 Å². The van der Waals surface area contributed by atoms with E-state index >= 15 is 0 Å². The molecule has 1 N–H and O–H groups in total. The van der Waals surface area contributed by atoms with Gasteiger partial charge in [-0.05, 0) is 31.0 Å². The third kappa shape index (κ3) is 1.84. The normalized spacial score (nSPS) is 19.4. The van der Waals surface area contributed by atoms with Gasteiger partial charge in [-0.25, -0.2) is 0 Å². The van der Waals surface area contributed by atoms with Gasteiger partial charge in [-0.1, -0.05) is 19.4 Å². The molecule has 0 radical (unpaired) electrons. The van der Waals surface area contributed by atoms with Gasteiger partial charge in [-0.3, -0.25) is 0 Å². The minimum absolute atomic E-state index is 0.481. The maximum atomic E-state index is 5.68. The molecule has 0 bridgehead atoms. The second-order valence-corrected chi connectivity index (χ2v) is 3.94. The van der Waals surface area contributed by atoms with Crippen LogP contribution in [0.4, 0.5) is 5.69 Å². The lowest BCUT2D eigenvalue weighted by atomic mass is 10.1. The Bertz CT molecular complexity index is 322. The number of hydrogen-bond donors (Lipinski definition) is 1. The summed E-state index contributed by atoms with van der Waals surface area (Å²) in [5.74, 6) is 0.989. The Hall–Kier alpha value is -1.18. The van der Waals surface area contributed by atoms with Crippen LogP contribution in [0.2, 0.25) is 0 Å². The Kier molecular flexibility index (Phi) is 2.62. The maximum Gasteiger partial charge on any atom is 0.142 e. The van der Waals surface area contributed by atoms with E-state index in [1.54, 1.807) is 0 Å². The molecule has 1 unspecified atom stereocenters. The molecular formula is C12H17NO. The van der Waals surface area contributed by atoms with Crippen molar-refractivity contribution in [2.75, 3.05) is 11.9 Å². The van der Waals surface area contributed by atoms with Crippen LogP contribution in [0, 0.1) is 6.92 Å². The van der Waals surface area contributed by atoms with E-state index in [1.165, 1.54) is 18.4 Å². The molecule has 1 aromatic rings. The second kappa shape index (κ2) is 3.91. The van der Waals surface area contributed by atoms with Gasteiger partial charge in [0, 0.05) is 0 Å². The van der Waals surface area contributed by atoms with Crippen LogP contribution in [-0.4, -0.2) is 12.6 Å². The first-order valence-electron chi connectivity index (χ1n) is 5.29. The summed E-state index contributed by atoms with van der Waals surface area (Å²) in [6.07, 6.45) is 2.37. The molecule has 0 aromatic heterocycles. The van der Waals surface area contributed by atoms with E-state index in [1.807, 2.05) is 6.07 Å². The van der Waals surface area contributed by atoms with Gasteiger partial charge < -0.3 is 10.1 Å². The molecular weight excluding hydrogens is 174 g/mol. The predicted octanol–water partition coefficient (Wildman–Crippen LogP) is 2.97. The zero-order valence-corrected chi connectivity index (χ0v) is 8.84. The zero-order valence-electron chi connectivity index (χ0n) is 8.84. The SMILES string of the molecule is CCCC1COc2ccc(C)cc2N1. The number of ether oxygens (including phenoxy) is 1. The van der Waals surface area contributed by atoms with Crippen molar-refractivity contribution in [2.24, 2.45) is 0 Å². The summed E-state index contributed by atoms with van der Waals surface area (Å²) in [5.41, 5.74) is 2.42. The summed E-state index contributed by atoms with van der Waals surface area (Å²) in [6.45, 7) is 5.10. The van der Waals surface area contributed by atoms with Crippen molar-refractivity contribution in [3.05, 3.63) is 23.8 Å². The lowest BCUT2D eigenvalue weighted by molar-refractivity contribution is 0.278. The number of fused-ring (bicyclic) bond motifs is 1. The van der Waals surface area contributed by atoms with Crippen LogP contribution in [0.5, 0.6) is 5.75 Å². The third-order valence-corrected chi connectivity index (χ3v) is 2.57. The Morgan fingerprint density at radius 3 is 3.14 bits per heavy atom. The molecule has 2 rings (SSSR count). The van der Waals surface area contributed by atoms with Gasteiger partial charge in [0.1, 0.15) is 12.4 Å². The van der Waals surface area contributed by atoms with E-state index in [-0.39, 0.29) is 0 Å². The van der Waals surface area contributed by atoms with Gasteiger partial charge in [0.2, 0.25) is 0 Å². The van der Waals surface area contributed by atoms with Crippen LogP contribution in [0.25, 0.3) is 0 Å². The highest BCUT2D eigenvalue weighted by atomic mass is 16.5. The molecule has 2 heteroatoms. The van der Waals surface area contributed by atoms with Crippen molar-refractivity contribution in [3.63, 3.8) is 0 Å². The summed E-state index contributed by atoms with van der Waals surface area (Å²) in [7, 11) is 0. The second-order valence-electron chi connectivity index (χ2n) is 3.94. The molecule has 1 aliphatic heterocycles. The monoisotopic (exact) mass is 191 g/mol. The fourth-order valence-electron chi connectivity index (χ4n) is 1.84. The van der Waals surface area contributed by atoms with E-state index in [0.717, 1.165) is 18.0 Å². The minimum Gasteiger partial charge on any atom is -0.489 e. The van der Waals surface area contributed by atoms with Crippen LogP contribution in [0.15, 0.2) is 18.2 Å². The fourth-order valence-corrected chi connectivity index (χ4v) is 1.84. The number of benzene rings is 1. The molecule has 1 aliphatic rings. The average molecular weight is 191 g/mol. The van der Waals surface area contributed by atoms with Gasteiger partial charge in [0.05, 0.1) is 11.7 Å². The Balaban J connectivity index is 2.16. The average Bonchev–Trinajstić information content (AvgIpc) is 2.17. The molecule has 0 saturated heterocycles. The standard InChI is InChI=1S/C12H17NO/c1-3-4-10-8-14-12-6-5-9(2)7-11(12)13-10/h5-7,10,13H,3-4,8H2,1-2H3. The molecule has 0 amide bonds. The van der Waals surface area contributed by atoms with Crippen molar-refractivity contribution in [3.8, 4) is 5.75 Å². The van der Waals surface area contributed by atoms with Gasteiger partial charge >= 0.3 is 0 Å². The first-order valence-corrected chi connectivity index (χ1v) is 5.29. The lowest BCUT2D eigenvalue weighted by Gasteiger charge is -2.27. The summed E-state index contributed by atoms with van der Waals surface area (Å²) < 4.78 is 5.68. The van der Waals surface area contributed by atoms with Gasteiger partial charge in [-0.15, -0.1) is 0 Å². The molecule has 0 fully saturated rings. The lowest BCUT2D eigenvalue weighted by Crippen LogP contribution is -2.31. The predicted molar refractivity (Wildman–Crippen MR) is 59.0 cm³/mol. The summed E-state index contributed by atoms with van der Waals surface area (Å²) in [5, 5.41) is 3.51. The van der Waals surface area contributed by atoms with Crippen molar-refractivity contribution < 1.29 is 4.74 Å². The summed E-state index contributed by atoms with van der Waals surface area (Å²) in [4.78, 5) is 0. The van der Waals surface area contributed by atoms with E-state index in [9.17, 15) is 0 Å². The summed E-state index contributed by atoms with van der Waals surface area (Å²) >= 11 is 0. The maximum absolute atomic E-state index is 5.68. The van der Waals surface area contributed by atoms with Crippen molar-refractivity contribution >= 4 is 5.69 Å². The fraction of sp³-hybridized carbons (Fsp3) is 0.500. The highest BCUT2D eigenvalue weighted by Gasteiger charge is 2.17. The van der Waals surface area contributed by atoms with Crippen LogP contribution in [0.1, 0.15) is 25.3 Å². The number of anilines is 1. The quantitative estimate of drug-likeness (QED) is 0.776. The topological polar surface area (TPSA) is 21.3 Å². The van der Waals surface area contributed by atoms with E-state index in [4.69, 9.17) is 4.74 Å². The highest BCUT2D eigenvalue weighted by molar-refractivity contribution is 5.59. The number of nitrogens with one attached hydrogen (secondary N) is 1. The molecule has 1 atom stereocenters. The Labute approximate surface area is 85.3 Å². The molecule has 0 spiro atoms. The van der Waals surface area contributed by atoms with E-state index in [2.05, 4.69) is 31.3 Å². The molecule has 14 heavy (non-hydrogen) atoms. The first kappa shape index (κ1) is 9.38. The molecule has 1 heterocycles. The van der Waals surface area contributed by atoms with Crippen LogP contribution in [0.3, 0.4) is 0 Å². The van der Waals surface area contributed by atoms with Gasteiger partial charge in [0.25, 0.3) is 0 Å². The van der Waals surface area contributed by atoms with Gasteiger partial charge in [-0.2, -0.15) is 0 Å². The largest absolute Gasteiger partial charge is 0.489 e. The first-order chi connectivity index (χ1) is 6.79. The number of hydrogen-bond acceptors (Lipinski definition) is 2. The molecule has 2 nitrogen and oxygen atoms in total. The number of aryl methyl sites for hydroxylation is 1. The van der Waals surface area contributed by atoms with Crippen molar-refractivity contribution in [2.45, 2.75) is 32.7 Å².